The minimum Gasteiger partial charge on any atom is -0.368 e. The van der Waals surface area contributed by atoms with Crippen LogP contribution in [0.5, 0.6) is 0 Å². The van der Waals surface area contributed by atoms with E-state index in [-0.39, 0.29) is 24.8 Å². The van der Waals surface area contributed by atoms with Gasteiger partial charge in [-0.2, -0.15) is 0 Å². The van der Waals surface area contributed by atoms with Crippen molar-refractivity contribution in [2.45, 2.75) is 12.5 Å². The average molecular weight is 367 g/mol. The number of pyridine rings is 1. The Labute approximate surface area is 134 Å². The summed E-state index contributed by atoms with van der Waals surface area (Å²) in [4.78, 5) is 6.80. The summed E-state index contributed by atoms with van der Waals surface area (Å²) in [6, 6.07) is 2.83. The maximum atomic E-state index is 4.37. The van der Waals surface area contributed by atoms with Crippen molar-refractivity contribution in [2.75, 3.05) is 24.5 Å². The number of anilines is 1. The van der Waals surface area contributed by atoms with Crippen molar-refractivity contribution in [3.63, 3.8) is 0 Å². The summed E-state index contributed by atoms with van der Waals surface area (Å²) in [5.41, 5.74) is 2.27. The lowest BCUT2D eigenvalue weighted by Crippen LogP contribution is -2.30. The molecule has 0 radical (unpaired) electrons. The topological polar surface area (TPSA) is 28.2 Å². The highest BCUT2D eigenvalue weighted by molar-refractivity contribution is 9.10. The Morgan fingerprint density at radius 2 is 2.21 bits per heavy atom. The third-order valence-electron chi connectivity index (χ3n) is 3.80. The first-order chi connectivity index (χ1) is 8.28. The molecule has 19 heavy (non-hydrogen) atoms. The van der Waals surface area contributed by atoms with Gasteiger partial charge in [0.05, 0.1) is 11.9 Å². The van der Waals surface area contributed by atoms with Crippen LogP contribution in [-0.2, 0) is 0 Å². The van der Waals surface area contributed by atoms with Gasteiger partial charge < -0.3 is 10.2 Å². The Hall–Kier alpha value is -0.290. The SMILES string of the molecule is C=Cc1cc(N2C[C@H]3CCN[C@H]3C2)cnc1Br.Cl.Cl. The molecule has 6 heteroatoms. The molecule has 0 bridgehead atoms. The molecule has 106 valence electrons. The van der Waals surface area contributed by atoms with E-state index in [0.717, 1.165) is 29.2 Å². The van der Waals surface area contributed by atoms with Crippen molar-refractivity contribution in [2.24, 2.45) is 5.92 Å². The van der Waals surface area contributed by atoms with E-state index in [0.29, 0.717) is 6.04 Å². The van der Waals surface area contributed by atoms with Gasteiger partial charge in [0.2, 0.25) is 0 Å². The summed E-state index contributed by atoms with van der Waals surface area (Å²) >= 11 is 3.43. The van der Waals surface area contributed by atoms with Gasteiger partial charge in [0, 0.05) is 24.7 Å². The van der Waals surface area contributed by atoms with Crippen LogP contribution in [0.25, 0.3) is 6.08 Å². The van der Waals surface area contributed by atoms with Crippen LogP contribution in [0, 0.1) is 5.92 Å². The summed E-state index contributed by atoms with van der Waals surface area (Å²) in [5.74, 6) is 0.811. The van der Waals surface area contributed by atoms with Crippen molar-refractivity contribution in [1.82, 2.24) is 10.3 Å². The maximum Gasteiger partial charge on any atom is 0.113 e. The lowest BCUT2D eigenvalue weighted by molar-refractivity contribution is 0.556. The van der Waals surface area contributed by atoms with Gasteiger partial charge in [-0.1, -0.05) is 12.7 Å². The molecule has 2 fully saturated rings. The molecule has 0 unspecified atom stereocenters. The Morgan fingerprint density at radius 1 is 1.42 bits per heavy atom. The van der Waals surface area contributed by atoms with Crippen LogP contribution in [0.1, 0.15) is 12.0 Å². The lowest BCUT2D eigenvalue weighted by atomic mass is 10.1. The fourth-order valence-corrected chi connectivity index (χ4v) is 3.21. The van der Waals surface area contributed by atoms with Crippen molar-refractivity contribution in [3.8, 4) is 0 Å². The minimum atomic E-state index is 0. The number of fused-ring (bicyclic) bond motifs is 1. The molecule has 0 spiro atoms. The largest absolute Gasteiger partial charge is 0.368 e. The quantitative estimate of drug-likeness (QED) is 0.815. The molecule has 2 atom stereocenters. The zero-order chi connectivity index (χ0) is 11.8. The van der Waals surface area contributed by atoms with Gasteiger partial charge in [0.1, 0.15) is 4.60 Å². The molecule has 1 aromatic rings. The molecule has 0 saturated carbocycles. The van der Waals surface area contributed by atoms with E-state index < -0.39 is 0 Å². The molecule has 0 aliphatic carbocycles. The molecule has 3 nitrogen and oxygen atoms in total. The fraction of sp³-hybridized carbons (Fsp3) is 0.462. The molecule has 2 saturated heterocycles. The predicted octanol–water partition coefficient (Wildman–Crippen LogP) is 3.13. The van der Waals surface area contributed by atoms with Gasteiger partial charge in [-0.25, -0.2) is 4.98 Å². The highest BCUT2D eigenvalue weighted by atomic mass is 79.9. The number of nitrogens with one attached hydrogen (secondary N) is 1. The van der Waals surface area contributed by atoms with Crippen molar-refractivity contribution >= 4 is 52.5 Å². The second-order valence-corrected chi connectivity index (χ2v) is 5.54. The molecular weight excluding hydrogens is 349 g/mol. The van der Waals surface area contributed by atoms with Crippen LogP contribution in [0.3, 0.4) is 0 Å². The molecular formula is C13H18BrCl2N3. The summed E-state index contributed by atoms with van der Waals surface area (Å²) in [5, 5.41) is 3.57. The first kappa shape index (κ1) is 16.8. The van der Waals surface area contributed by atoms with Crippen LogP contribution in [-0.4, -0.2) is 30.7 Å². The maximum absolute atomic E-state index is 4.37. The van der Waals surface area contributed by atoms with Crippen LogP contribution >= 0.6 is 40.7 Å². The zero-order valence-electron chi connectivity index (χ0n) is 10.5. The van der Waals surface area contributed by atoms with Gasteiger partial charge in [-0.05, 0) is 40.9 Å². The van der Waals surface area contributed by atoms with Crippen molar-refractivity contribution in [1.29, 1.82) is 0 Å². The fourth-order valence-electron chi connectivity index (χ4n) is 2.83. The number of halogens is 3. The van der Waals surface area contributed by atoms with Crippen LogP contribution in [0.4, 0.5) is 5.69 Å². The second kappa shape index (κ2) is 6.93. The molecule has 0 amide bonds. The first-order valence-electron chi connectivity index (χ1n) is 6.04. The molecule has 1 N–H and O–H groups in total. The van der Waals surface area contributed by atoms with Crippen LogP contribution in [0.15, 0.2) is 23.4 Å². The third-order valence-corrected chi connectivity index (χ3v) is 4.46. The van der Waals surface area contributed by atoms with E-state index in [9.17, 15) is 0 Å². The van der Waals surface area contributed by atoms with Gasteiger partial charge in [-0.3, -0.25) is 0 Å². The Bertz CT molecular complexity index is 444. The smallest absolute Gasteiger partial charge is 0.113 e. The van der Waals surface area contributed by atoms with Gasteiger partial charge in [-0.15, -0.1) is 24.8 Å². The number of hydrogen-bond donors (Lipinski definition) is 1. The van der Waals surface area contributed by atoms with E-state index in [1.165, 1.54) is 18.7 Å². The van der Waals surface area contributed by atoms with Gasteiger partial charge >= 0.3 is 0 Å². The lowest BCUT2D eigenvalue weighted by Gasteiger charge is -2.19. The van der Waals surface area contributed by atoms with Crippen molar-refractivity contribution in [3.05, 3.63) is 29.0 Å². The number of hydrogen-bond acceptors (Lipinski definition) is 3. The predicted molar refractivity (Wildman–Crippen MR) is 88.6 cm³/mol. The van der Waals surface area contributed by atoms with E-state index in [1.54, 1.807) is 0 Å². The second-order valence-electron chi connectivity index (χ2n) is 4.79. The van der Waals surface area contributed by atoms with E-state index in [2.05, 4.69) is 43.8 Å². The highest BCUT2D eigenvalue weighted by Crippen LogP contribution is 2.30. The summed E-state index contributed by atoms with van der Waals surface area (Å²) in [6.45, 7) is 7.25. The summed E-state index contributed by atoms with van der Waals surface area (Å²) in [6.07, 6.45) is 5.09. The Kier molecular flexibility index (Phi) is 6.12. The van der Waals surface area contributed by atoms with E-state index in [1.807, 2.05) is 12.3 Å². The molecule has 3 heterocycles. The Balaban J connectivity index is 0.000000902. The zero-order valence-corrected chi connectivity index (χ0v) is 13.7. The van der Waals surface area contributed by atoms with Gasteiger partial charge in [0.25, 0.3) is 0 Å². The molecule has 0 aromatic carbocycles. The number of rotatable bonds is 2. The minimum absolute atomic E-state index is 0. The average Bonchev–Trinajstić information content (AvgIpc) is 2.90. The summed E-state index contributed by atoms with van der Waals surface area (Å²) < 4.78 is 0.869. The van der Waals surface area contributed by atoms with E-state index >= 15 is 0 Å². The highest BCUT2D eigenvalue weighted by Gasteiger charge is 2.36. The first-order valence-corrected chi connectivity index (χ1v) is 6.83. The molecule has 2 aliphatic heterocycles. The molecule has 3 rings (SSSR count). The Morgan fingerprint density at radius 3 is 2.89 bits per heavy atom. The summed E-state index contributed by atoms with van der Waals surface area (Å²) in [7, 11) is 0. The van der Waals surface area contributed by atoms with Crippen LogP contribution in [0.2, 0.25) is 0 Å². The number of nitrogens with zero attached hydrogens (tertiary/aromatic N) is 2. The van der Waals surface area contributed by atoms with E-state index in [4.69, 9.17) is 0 Å². The van der Waals surface area contributed by atoms with Crippen molar-refractivity contribution < 1.29 is 0 Å². The van der Waals surface area contributed by atoms with Crippen LogP contribution < -0.4 is 10.2 Å². The molecule has 2 aliphatic rings. The standard InChI is InChI=1S/C13H16BrN3.2ClH/c1-2-9-5-11(6-16-13(9)14)17-7-10-3-4-15-12(10)8-17;;/h2,5-6,10,12,15H,1,3-4,7-8H2;2*1H/t10-,12+;;/m1../s1. The number of aromatic nitrogens is 1. The normalized spacial score (nSPS) is 24.4. The van der Waals surface area contributed by atoms with Gasteiger partial charge in [0.15, 0.2) is 0 Å². The third kappa shape index (κ3) is 3.24. The monoisotopic (exact) mass is 365 g/mol. The molecule has 1 aromatic heterocycles.